The van der Waals surface area contributed by atoms with Crippen LogP contribution in [0.2, 0.25) is 0 Å². The molecule has 3 aromatic rings. The van der Waals surface area contributed by atoms with E-state index in [0.717, 1.165) is 53.9 Å². The number of nitrogens with one attached hydrogen (secondary N) is 1. The molecule has 0 radical (unpaired) electrons. The lowest BCUT2D eigenvalue weighted by Crippen LogP contribution is -2.59. The molecule has 1 N–H and O–H groups in total. The molecular formula is C33H42N4O6S. The summed E-state index contributed by atoms with van der Waals surface area (Å²) in [5.74, 6) is 0.0431. The summed E-state index contributed by atoms with van der Waals surface area (Å²) in [6.07, 6.45) is 1.08. The zero-order valence-electron chi connectivity index (χ0n) is 26.1. The van der Waals surface area contributed by atoms with Gasteiger partial charge in [0.1, 0.15) is 6.61 Å². The molecule has 0 spiro atoms. The van der Waals surface area contributed by atoms with E-state index in [1.807, 2.05) is 0 Å². The summed E-state index contributed by atoms with van der Waals surface area (Å²) in [6.45, 7) is 12.3. The summed E-state index contributed by atoms with van der Waals surface area (Å²) in [5, 5.41) is 4.08. The summed E-state index contributed by atoms with van der Waals surface area (Å²) in [7, 11) is -2.50. The quantitative estimate of drug-likeness (QED) is 0.381. The predicted molar refractivity (Wildman–Crippen MR) is 166 cm³/mol. The van der Waals surface area contributed by atoms with Crippen molar-refractivity contribution in [2.75, 3.05) is 33.4 Å². The van der Waals surface area contributed by atoms with Crippen molar-refractivity contribution in [3.63, 3.8) is 0 Å². The topological polar surface area (TPSA) is 112 Å². The Bertz CT molecular complexity index is 1630. The van der Waals surface area contributed by atoms with E-state index >= 15 is 0 Å². The molecule has 44 heavy (non-hydrogen) atoms. The van der Waals surface area contributed by atoms with Crippen LogP contribution in [-0.4, -0.2) is 74.6 Å². The minimum absolute atomic E-state index is 0.0552. The molecule has 3 aliphatic heterocycles. The molecule has 0 unspecified atom stereocenters. The van der Waals surface area contributed by atoms with Crippen molar-refractivity contribution in [3.05, 3.63) is 64.2 Å². The highest BCUT2D eigenvalue weighted by Crippen LogP contribution is 2.35. The van der Waals surface area contributed by atoms with Gasteiger partial charge in [-0.25, -0.2) is 9.40 Å². The van der Waals surface area contributed by atoms with E-state index in [0.29, 0.717) is 25.6 Å². The van der Waals surface area contributed by atoms with Gasteiger partial charge in [-0.05, 0) is 63.3 Å². The van der Waals surface area contributed by atoms with Crippen molar-refractivity contribution in [1.29, 1.82) is 0 Å². The minimum Gasteiger partial charge on any atom is -0.476 e. The number of ether oxygens (including phenoxy) is 3. The number of rotatable bonds is 9. The van der Waals surface area contributed by atoms with Crippen LogP contribution >= 0.6 is 0 Å². The third-order valence-corrected chi connectivity index (χ3v) is 10.2. The number of sulfonamides is 1. The van der Waals surface area contributed by atoms with E-state index in [2.05, 4.69) is 72.7 Å². The number of fused-ring (bicyclic) bond motifs is 2. The summed E-state index contributed by atoms with van der Waals surface area (Å²) in [5.41, 5.74) is 7.66. The van der Waals surface area contributed by atoms with Crippen LogP contribution in [0.3, 0.4) is 0 Å². The van der Waals surface area contributed by atoms with Crippen molar-refractivity contribution in [1.82, 2.24) is 19.4 Å². The van der Waals surface area contributed by atoms with Gasteiger partial charge in [0.2, 0.25) is 16.8 Å². The van der Waals surface area contributed by atoms with Gasteiger partial charge in [0.05, 0.1) is 38.3 Å². The highest BCUT2D eigenvalue weighted by atomic mass is 32.2. The molecule has 10 nitrogen and oxygen atoms in total. The highest BCUT2D eigenvalue weighted by Gasteiger charge is 2.36. The lowest BCUT2D eigenvalue weighted by molar-refractivity contribution is -0.118. The normalized spacial score (nSPS) is 18.9. The van der Waals surface area contributed by atoms with E-state index in [9.17, 15) is 13.2 Å². The second kappa shape index (κ2) is 12.3. The Hall–Kier alpha value is -3.25. The van der Waals surface area contributed by atoms with Crippen LogP contribution in [0, 0.1) is 0 Å². The molecule has 0 saturated carbocycles. The zero-order valence-corrected chi connectivity index (χ0v) is 26.9. The molecule has 1 atom stereocenters. The maximum atomic E-state index is 13.4. The van der Waals surface area contributed by atoms with Gasteiger partial charge in [-0.2, -0.15) is 13.5 Å². The summed E-state index contributed by atoms with van der Waals surface area (Å²) in [4.78, 5) is 15.6. The number of likely N-dealkylation sites (tertiary alicyclic amines) is 1. The van der Waals surface area contributed by atoms with Crippen molar-refractivity contribution < 1.29 is 27.4 Å². The molecular weight excluding hydrogens is 580 g/mol. The first kappa shape index (κ1) is 30.8. The van der Waals surface area contributed by atoms with E-state index in [4.69, 9.17) is 14.2 Å². The number of benzene rings is 2. The molecule has 0 bridgehead atoms. The fraction of sp³-hybridized carbons (Fsp3) is 0.515. The Morgan fingerprint density at radius 2 is 1.75 bits per heavy atom. The third-order valence-electron chi connectivity index (χ3n) is 8.99. The van der Waals surface area contributed by atoms with Crippen LogP contribution in [0.4, 0.5) is 0 Å². The second-order valence-corrected chi connectivity index (χ2v) is 14.3. The molecule has 3 aliphatic rings. The van der Waals surface area contributed by atoms with Crippen LogP contribution in [0.5, 0.6) is 5.88 Å². The second-order valence-electron chi connectivity index (χ2n) is 12.7. The number of aromatic nitrogens is 2. The fourth-order valence-corrected chi connectivity index (χ4v) is 7.33. The monoisotopic (exact) mass is 622 g/mol. The molecule has 1 saturated heterocycles. The first-order valence-corrected chi connectivity index (χ1v) is 16.9. The Morgan fingerprint density at radius 3 is 2.43 bits per heavy atom. The first-order chi connectivity index (χ1) is 21.0. The predicted octanol–water partition coefficient (Wildman–Crippen LogP) is 4.01. The number of hydrogen-bond donors (Lipinski definition) is 1. The Kier molecular flexibility index (Phi) is 8.58. The zero-order chi connectivity index (χ0) is 31.2. The van der Waals surface area contributed by atoms with Gasteiger partial charge in [-0.3, -0.25) is 9.69 Å². The van der Waals surface area contributed by atoms with Crippen LogP contribution in [0.1, 0.15) is 67.3 Å². The molecule has 0 aliphatic carbocycles. The van der Waals surface area contributed by atoms with Crippen LogP contribution in [-0.2, 0) is 50.3 Å². The van der Waals surface area contributed by atoms with Crippen LogP contribution in [0.25, 0.3) is 11.1 Å². The van der Waals surface area contributed by atoms with Gasteiger partial charge in [0, 0.05) is 26.3 Å². The van der Waals surface area contributed by atoms with E-state index in [1.165, 1.54) is 17.2 Å². The molecule has 4 heterocycles. The number of carbonyl (C=O) groups is 1. The molecule has 236 valence electrons. The van der Waals surface area contributed by atoms with Crippen molar-refractivity contribution >= 4 is 15.9 Å². The Labute approximate surface area is 259 Å². The number of hydrogen-bond acceptors (Lipinski definition) is 8. The molecule has 1 amide bonds. The van der Waals surface area contributed by atoms with E-state index in [-0.39, 0.29) is 35.4 Å². The standard InChI is InChI=1S/C33H42N4O6S/c1-20(2)28-11-24(23-7-6-22-8-9-42-18-25(22)10-23)12-29(21(3)4)30(28)13-31(38)35-44(39,40)32-14-33-37(34-32)15-26(19-43-33)36-16-27(17-36)41-5/h6-7,10-12,14,20-21,26-27H,8-9,13,15-19H2,1-5H3,(H,35,38)/t26-/m1/s1. The van der Waals surface area contributed by atoms with Gasteiger partial charge in [0.15, 0.2) is 0 Å². The van der Waals surface area contributed by atoms with E-state index in [1.54, 1.807) is 11.8 Å². The average Bonchev–Trinajstić information content (AvgIpc) is 3.41. The fourth-order valence-electron chi connectivity index (χ4n) is 6.39. The number of nitrogens with zero attached hydrogens (tertiary/aromatic N) is 3. The summed E-state index contributed by atoms with van der Waals surface area (Å²) in [6, 6.07) is 12.3. The Morgan fingerprint density at radius 1 is 1.02 bits per heavy atom. The molecule has 1 aromatic heterocycles. The van der Waals surface area contributed by atoms with Gasteiger partial charge in [-0.15, -0.1) is 0 Å². The first-order valence-electron chi connectivity index (χ1n) is 15.4. The molecule has 1 fully saturated rings. The third kappa shape index (κ3) is 6.15. The number of amides is 1. The van der Waals surface area contributed by atoms with Gasteiger partial charge in [0.25, 0.3) is 10.0 Å². The van der Waals surface area contributed by atoms with E-state index < -0.39 is 15.9 Å². The largest absolute Gasteiger partial charge is 0.476 e. The number of methoxy groups -OCH3 is 1. The maximum absolute atomic E-state index is 13.4. The lowest BCUT2D eigenvalue weighted by Gasteiger charge is -2.44. The Balaban J connectivity index is 1.21. The summed E-state index contributed by atoms with van der Waals surface area (Å²) < 4.78 is 47.3. The van der Waals surface area contributed by atoms with Crippen LogP contribution < -0.4 is 9.46 Å². The van der Waals surface area contributed by atoms with Gasteiger partial charge < -0.3 is 14.2 Å². The average molecular weight is 623 g/mol. The van der Waals surface area contributed by atoms with Gasteiger partial charge >= 0.3 is 0 Å². The highest BCUT2D eigenvalue weighted by molar-refractivity contribution is 7.90. The minimum atomic E-state index is -4.20. The van der Waals surface area contributed by atoms with Crippen molar-refractivity contribution in [2.24, 2.45) is 0 Å². The van der Waals surface area contributed by atoms with Gasteiger partial charge in [-0.1, -0.05) is 52.0 Å². The smallest absolute Gasteiger partial charge is 0.283 e. The molecule has 2 aromatic carbocycles. The van der Waals surface area contributed by atoms with Crippen LogP contribution in [0.15, 0.2) is 41.4 Å². The maximum Gasteiger partial charge on any atom is 0.283 e. The lowest BCUT2D eigenvalue weighted by atomic mass is 9.83. The van der Waals surface area contributed by atoms with Crippen molar-refractivity contribution in [3.8, 4) is 17.0 Å². The molecule has 11 heteroatoms. The SMILES string of the molecule is COC1CN([C@H]2COc3cc(S(=O)(=O)NC(=O)Cc4c(C(C)C)cc(-c5ccc6c(c5)COCC6)cc4C(C)C)nn3C2)C1. The summed E-state index contributed by atoms with van der Waals surface area (Å²) >= 11 is 0. The number of carbonyl (C=O) groups excluding carboxylic acids is 1. The van der Waals surface area contributed by atoms with Crippen molar-refractivity contribution in [2.45, 2.75) is 82.7 Å². The molecule has 6 rings (SSSR count).